The standard InChI is InChI=1S/C13H20N2O2/c1-13(2,3)9-7-8-10(12(16)17-6)14-11(9)15(4)5/h7-8H,1-6H3. The number of aromatic nitrogens is 1. The molecule has 0 aliphatic rings. The van der Waals surface area contributed by atoms with E-state index in [0.29, 0.717) is 5.69 Å². The van der Waals surface area contributed by atoms with Gasteiger partial charge in [0.25, 0.3) is 0 Å². The molecule has 0 fully saturated rings. The Hall–Kier alpha value is -1.58. The molecule has 0 N–H and O–H groups in total. The molecule has 0 saturated carbocycles. The first-order chi connectivity index (χ1) is 7.77. The van der Waals surface area contributed by atoms with Crippen molar-refractivity contribution in [2.75, 3.05) is 26.1 Å². The second-order valence-corrected chi connectivity index (χ2v) is 5.20. The zero-order chi connectivity index (χ0) is 13.2. The predicted octanol–water partition coefficient (Wildman–Crippen LogP) is 2.23. The third-order valence-electron chi connectivity index (χ3n) is 2.50. The lowest BCUT2D eigenvalue weighted by Gasteiger charge is -2.25. The number of pyridine rings is 1. The van der Waals surface area contributed by atoms with Crippen molar-refractivity contribution < 1.29 is 9.53 Å². The fraction of sp³-hybridized carbons (Fsp3) is 0.538. The number of hydrogen-bond donors (Lipinski definition) is 0. The van der Waals surface area contributed by atoms with Gasteiger partial charge >= 0.3 is 5.97 Å². The third kappa shape index (κ3) is 2.96. The summed E-state index contributed by atoms with van der Waals surface area (Å²) in [6.07, 6.45) is 0. The van der Waals surface area contributed by atoms with E-state index in [1.54, 1.807) is 6.07 Å². The highest BCUT2D eigenvalue weighted by Crippen LogP contribution is 2.29. The van der Waals surface area contributed by atoms with Crippen molar-refractivity contribution in [2.24, 2.45) is 0 Å². The topological polar surface area (TPSA) is 42.4 Å². The zero-order valence-electron chi connectivity index (χ0n) is 11.4. The Morgan fingerprint density at radius 3 is 2.29 bits per heavy atom. The highest BCUT2D eigenvalue weighted by molar-refractivity contribution is 5.87. The van der Waals surface area contributed by atoms with Gasteiger partial charge in [-0.2, -0.15) is 0 Å². The molecule has 0 saturated heterocycles. The minimum Gasteiger partial charge on any atom is -0.464 e. The molecular formula is C13H20N2O2. The van der Waals surface area contributed by atoms with Crippen LogP contribution in [0, 0.1) is 0 Å². The Bertz CT molecular complexity index is 420. The lowest BCUT2D eigenvalue weighted by molar-refractivity contribution is 0.0594. The van der Waals surface area contributed by atoms with Gasteiger partial charge in [-0.3, -0.25) is 0 Å². The molecule has 0 bridgehead atoms. The van der Waals surface area contributed by atoms with E-state index >= 15 is 0 Å². The number of hydrogen-bond acceptors (Lipinski definition) is 4. The lowest BCUT2D eigenvalue weighted by Crippen LogP contribution is -2.22. The summed E-state index contributed by atoms with van der Waals surface area (Å²) in [4.78, 5) is 17.7. The summed E-state index contributed by atoms with van der Waals surface area (Å²) in [6.45, 7) is 6.36. The number of esters is 1. The van der Waals surface area contributed by atoms with Crippen LogP contribution in [0.2, 0.25) is 0 Å². The molecule has 1 heterocycles. The molecule has 0 amide bonds. The van der Waals surface area contributed by atoms with E-state index in [1.807, 2.05) is 25.1 Å². The van der Waals surface area contributed by atoms with Crippen LogP contribution in [0.25, 0.3) is 0 Å². The molecule has 0 unspecified atom stereocenters. The van der Waals surface area contributed by atoms with Crippen LogP contribution in [0.3, 0.4) is 0 Å². The van der Waals surface area contributed by atoms with Crippen LogP contribution in [-0.2, 0) is 10.2 Å². The van der Waals surface area contributed by atoms with Crippen molar-refractivity contribution in [3.8, 4) is 0 Å². The van der Waals surface area contributed by atoms with Crippen LogP contribution in [0.5, 0.6) is 0 Å². The van der Waals surface area contributed by atoms with Gasteiger partial charge in [-0.15, -0.1) is 0 Å². The fourth-order valence-corrected chi connectivity index (χ4v) is 1.59. The Labute approximate surface area is 103 Å². The number of ether oxygens (including phenoxy) is 1. The molecule has 4 heteroatoms. The van der Waals surface area contributed by atoms with E-state index in [-0.39, 0.29) is 5.41 Å². The Morgan fingerprint density at radius 1 is 1.29 bits per heavy atom. The monoisotopic (exact) mass is 236 g/mol. The van der Waals surface area contributed by atoms with Crippen LogP contribution in [0.15, 0.2) is 12.1 Å². The van der Waals surface area contributed by atoms with E-state index in [9.17, 15) is 4.79 Å². The number of carbonyl (C=O) groups excluding carboxylic acids is 1. The van der Waals surface area contributed by atoms with Crippen LogP contribution in [0.4, 0.5) is 5.82 Å². The average molecular weight is 236 g/mol. The number of anilines is 1. The highest BCUT2D eigenvalue weighted by Gasteiger charge is 2.22. The van der Waals surface area contributed by atoms with E-state index in [2.05, 4.69) is 30.5 Å². The summed E-state index contributed by atoms with van der Waals surface area (Å²) >= 11 is 0. The maximum atomic E-state index is 11.4. The van der Waals surface area contributed by atoms with Gasteiger partial charge in [0.15, 0.2) is 5.69 Å². The second kappa shape index (κ2) is 4.73. The van der Waals surface area contributed by atoms with Crippen LogP contribution >= 0.6 is 0 Å². The van der Waals surface area contributed by atoms with Crippen molar-refractivity contribution in [3.05, 3.63) is 23.4 Å². The third-order valence-corrected chi connectivity index (χ3v) is 2.50. The first-order valence-corrected chi connectivity index (χ1v) is 5.54. The molecule has 0 aliphatic heterocycles. The van der Waals surface area contributed by atoms with Gasteiger partial charge in [-0.25, -0.2) is 9.78 Å². The maximum absolute atomic E-state index is 11.4. The average Bonchev–Trinajstić information content (AvgIpc) is 2.25. The van der Waals surface area contributed by atoms with Crippen molar-refractivity contribution in [3.63, 3.8) is 0 Å². The van der Waals surface area contributed by atoms with Crippen molar-refractivity contribution in [1.82, 2.24) is 4.98 Å². The lowest BCUT2D eigenvalue weighted by atomic mass is 9.87. The Morgan fingerprint density at radius 2 is 1.88 bits per heavy atom. The van der Waals surface area contributed by atoms with Gasteiger partial charge in [-0.1, -0.05) is 26.8 Å². The van der Waals surface area contributed by atoms with Gasteiger partial charge in [0.2, 0.25) is 0 Å². The molecule has 1 aromatic rings. The van der Waals surface area contributed by atoms with Crippen LogP contribution in [0.1, 0.15) is 36.8 Å². The summed E-state index contributed by atoms with van der Waals surface area (Å²) in [7, 11) is 5.19. The largest absolute Gasteiger partial charge is 0.464 e. The molecule has 0 aliphatic carbocycles. The van der Waals surface area contributed by atoms with Crippen LogP contribution < -0.4 is 4.90 Å². The molecule has 94 valence electrons. The fourth-order valence-electron chi connectivity index (χ4n) is 1.59. The molecule has 0 spiro atoms. The summed E-state index contributed by atoms with van der Waals surface area (Å²) in [5, 5.41) is 0. The summed E-state index contributed by atoms with van der Waals surface area (Å²) in [6, 6.07) is 3.65. The molecule has 1 rings (SSSR count). The molecule has 0 atom stereocenters. The molecule has 4 nitrogen and oxygen atoms in total. The normalized spacial score (nSPS) is 11.2. The first-order valence-electron chi connectivity index (χ1n) is 5.54. The Kier molecular flexibility index (Phi) is 3.76. The SMILES string of the molecule is COC(=O)c1ccc(C(C)(C)C)c(N(C)C)n1. The van der Waals surface area contributed by atoms with E-state index in [1.165, 1.54) is 7.11 Å². The molecular weight excluding hydrogens is 216 g/mol. The Balaban J connectivity index is 3.32. The second-order valence-electron chi connectivity index (χ2n) is 5.20. The minimum atomic E-state index is -0.409. The quantitative estimate of drug-likeness (QED) is 0.738. The van der Waals surface area contributed by atoms with Gasteiger partial charge < -0.3 is 9.64 Å². The summed E-state index contributed by atoms with van der Waals surface area (Å²) in [5.74, 6) is 0.397. The van der Waals surface area contributed by atoms with Crippen LogP contribution in [-0.4, -0.2) is 32.2 Å². The van der Waals surface area contributed by atoms with Crippen molar-refractivity contribution >= 4 is 11.8 Å². The number of rotatable bonds is 2. The number of nitrogens with zero attached hydrogens (tertiary/aromatic N) is 2. The molecule has 0 radical (unpaired) electrons. The molecule has 17 heavy (non-hydrogen) atoms. The number of methoxy groups -OCH3 is 1. The molecule has 0 aromatic carbocycles. The van der Waals surface area contributed by atoms with E-state index < -0.39 is 5.97 Å². The predicted molar refractivity (Wildman–Crippen MR) is 68.6 cm³/mol. The van der Waals surface area contributed by atoms with Gasteiger partial charge in [0.1, 0.15) is 5.82 Å². The van der Waals surface area contributed by atoms with E-state index in [4.69, 9.17) is 0 Å². The van der Waals surface area contributed by atoms with Crippen molar-refractivity contribution in [2.45, 2.75) is 26.2 Å². The molecule has 1 aromatic heterocycles. The van der Waals surface area contributed by atoms with E-state index in [0.717, 1.165) is 11.4 Å². The minimum absolute atomic E-state index is 0.0126. The summed E-state index contributed by atoms with van der Waals surface area (Å²) < 4.78 is 4.68. The van der Waals surface area contributed by atoms with Gasteiger partial charge in [0.05, 0.1) is 7.11 Å². The maximum Gasteiger partial charge on any atom is 0.356 e. The first kappa shape index (κ1) is 13.5. The smallest absolute Gasteiger partial charge is 0.356 e. The van der Waals surface area contributed by atoms with Gasteiger partial charge in [-0.05, 0) is 11.5 Å². The van der Waals surface area contributed by atoms with Gasteiger partial charge in [0, 0.05) is 19.7 Å². The zero-order valence-corrected chi connectivity index (χ0v) is 11.4. The summed E-state index contributed by atoms with van der Waals surface area (Å²) in [5.41, 5.74) is 1.43. The highest BCUT2D eigenvalue weighted by atomic mass is 16.5. The van der Waals surface area contributed by atoms with Crippen molar-refractivity contribution in [1.29, 1.82) is 0 Å². The number of carbonyl (C=O) groups is 1.